The molecule has 0 fully saturated rings. The van der Waals surface area contributed by atoms with Crippen LogP contribution in [-0.2, 0) is 0 Å². The molecule has 1 aliphatic carbocycles. The van der Waals surface area contributed by atoms with Crippen LogP contribution in [0.15, 0.2) is 53.0 Å². The van der Waals surface area contributed by atoms with E-state index in [0.29, 0.717) is 0 Å². The maximum Gasteiger partial charge on any atom is 0.206 e. The summed E-state index contributed by atoms with van der Waals surface area (Å²) in [7, 11) is 0. The van der Waals surface area contributed by atoms with E-state index in [1.54, 1.807) is 0 Å². The van der Waals surface area contributed by atoms with Crippen molar-refractivity contribution in [2.24, 2.45) is 4.99 Å². The summed E-state index contributed by atoms with van der Waals surface area (Å²) < 4.78 is 0. The fraction of sp³-hybridized carbons (Fsp3) is 0.250. The van der Waals surface area contributed by atoms with Gasteiger partial charge in [-0.05, 0) is 24.1 Å². The first-order valence-electron chi connectivity index (χ1n) is 5.25. The summed E-state index contributed by atoms with van der Waals surface area (Å²) >= 11 is 0. The van der Waals surface area contributed by atoms with Gasteiger partial charge in [0.1, 0.15) is 0 Å². The maximum absolute atomic E-state index is 4.44. The molecule has 0 spiro atoms. The molecular weight excluding hydrogens is 186 g/mol. The molecule has 0 radical (unpaired) electrons. The predicted octanol–water partition coefficient (Wildman–Crippen LogP) is 1.89. The molecular formula is C12H13N3. The van der Waals surface area contributed by atoms with Gasteiger partial charge in [0.05, 0.1) is 6.54 Å². The second-order valence-corrected chi connectivity index (χ2v) is 3.78. The lowest BCUT2D eigenvalue weighted by Crippen LogP contribution is -2.35. The second kappa shape index (κ2) is 3.42. The summed E-state index contributed by atoms with van der Waals surface area (Å²) in [5, 5.41) is 3.41. The van der Waals surface area contributed by atoms with E-state index in [1.165, 1.54) is 11.3 Å². The fourth-order valence-electron chi connectivity index (χ4n) is 1.95. The molecule has 2 aliphatic heterocycles. The lowest BCUT2D eigenvalue weighted by Gasteiger charge is -2.21. The molecule has 15 heavy (non-hydrogen) atoms. The quantitative estimate of drug-likeness (QED) is 0.603. The summed E-state index contributed by atoms with van der Waals surface area (Å²) in [4.78, 5) is 6.47. The minimum Gasteiger partial charge on any atom is -0.329 e. The van der Waals surface area contributed by atoms with Crippen LogP contribution in [0.4, 0.5) is 0 Å². The number of nitrogens with one attached hydrogen (secondary N) is 1. The van der Waals surface area contributed by atoms with Crippen molar-refractivity contribution < 1.29 is 0 Å². The molecule has 0 unspecified atom stereocenters. The van der Waals surface area contributed by atoms with E-state index in [4.69, 9.17) is 0 Å². The first kappa shape index (κ1) is 8.53. The number of rotatable bonds is 0. The summed E-state index contributed by atoms with van der Waals surface area (Å²) in [6.07, 6.45) is 14.8. The molecule has 2 heterocycles. The molecule has 0 saturated heterocycles. The lowest BCUT2D eigenvalue weighted by atomic mass is 10.0. The van der Waals surface area contributed by atoms with Crippen molar-refractivity contribution in [3.8, 4) is 0 Å². The monoisotopic (exact) mass is 199 g/mol. The molecule has 0 saturated carbocycles. The average Bonchev–Trinajstić information content (AvgIpc) is 2.48. The van der Waals surface area contributed by atoms with Crippen LogP contribution < -0.4 is 5.32 Å². The van der Waals surface area contributed by atoms with Gasteiger partial charge in [-0.1, -0.05) is 12.2 Å². The van der Waals surface area contributed by atoms with E-state index >= 15 is 0 Å². The number of hydrogen-bond donors (Lipinski definition) is 1. The van der Waals surface area contributed by atoms with Gasteiger partial charge in [0, 0.05) is 24.5 Å². The highest BCUT2D eigenvalue weighted by Gasteiger charge is 2.16. The Labute approximate surface area is 89.2 Å². The van der Waals surface area contributed by atoms with Crippen molar-refractivity contribution in [2.45, 2.75) is 12.8 Å². The zero-order valence-electron chi connectivity index (χ0n) is 8.48. The average molecular weight is 199 g/mol. The first-order valence-corrected chi connectivity index (χ1v) is 5.25. The second-order valence-electron chi connectivity index (χ2n) is 3.78. The van der Waals surface area contributed by atoms with E-state index < -0.39 is 0 Å². The normalized spacial score (nSPS) is 22.9. The number of guanidine groups is 1. The van der Waals surface area contributed by atoms with Crippen LogP contribution >= 0.6 is 0 Å². The molecule has 3 heteroatoms. The Bertz CT molecular complexity index is 424. The molecule has 0 amide bonds. The molecule has 0 atom stereocenters. The fourth-order valence-corrected chi connectivity index (χ4v) is 1.95. The van der Waals surface area contributed by atoms with Crippen molar-refractivity contribution in [2.75, 3.05) is 6.54 Å². The highest BCUT2D eigenvalue weighted by Crippen LogP contribution is 2.21. The van der Waals surface area contributed by atoms with Crippen LogP contribution in [0.25, 0.3) is 0 Å². The number of aliphatic imine (C=N–C) groups is 1. The Morgan fingerprint density at radius 1 is 1.13 bits per heavy atom. The molecule has 0 aromatic carbocycles. The Balaban J connectivity index is 1.95. The van der Waals surface area contributed by atoms with Crippen LogP contribution in [-0.4, -0.2) is 17.4 Å². The van der Waals surface area contributed by atoms with E-state index in [1.807, 2.05) is 4.90 Å². The van der Waals surface area contributed by atoms with Gasteiger partial charge in [-0.15, -0.1) is 0 Å². The molecule has 0 aromatic rings. The SMILES string of the molecule is C1=CN2C=CC3=C(CC=CC3)NC2=NC1. The number of fused-ring (bicyclic) bond motifs is 1. The van der Waals surface area contributed by atoms with Gasteiger partial charge in [0.15, 0.2) is 0 Å². The van der Waals surface area contributed by atoms with Gasteiger partial charge in [0.25, 0.3) is 0 Å². The molecule has 3 rings (SSSR count). The summed E-state index contributed by atoms with van der Waals surface area (Å²) in [6.45, 7) is 0.769. The molecule has 0 bridgehead atoms. The Kier molecular flexibility index (Phi) is 1.95. The van der Waals surface area contributed by atoms with Crippen LogP contribution in [0.5, 0.6) is 0 Å². The molecule has 3 nitrogen and oxygen atoms in total. The number of hydrogen-bond acceptors (Lipinski definition) is 3. The summed E-state index contributed by atoms with van der Waals surface area (Å²) in [6, 6.07) is 0. The highest BCUT2D eigenvalue weighted by molar-refractivity contribution is 5.85. The Morgan fingerprint density at radius 3 is 3.07 bits per heavy atom. The van der Waals surface area contributed by atoms with Crippen LogP contribution in [0, 0.1) is 0 Å². The third-order valence-corrected chi connectivity index (χ3v) is 2.77. The molecule has 3 aliphatic rings. The van der Waals surface area contributed by atoms with Crippen molar-refractivity contribution in [3.63, 3.8) is 0 Å². The zero-order chi connectivity index (χ0) is 10.1. The Morgan fingerprint density at radius 2 is 2.07 bits per heavy atom. The highest BCUT2D eigenvalue weighted by atomic mass is 15.3. The third-order valence-electron chi connectivity index (χ3n) is 2.77. The van der Waals surface area contributed by atoms with Crippen molar-refractivity contribution in [1.82, 2.24) is 10.2 Å². The Hall–Kier alpha value is -1.77. The topological polar surface area (TPSA) is 27.6 Å². The summed E-state index contributed by atoms with van der Waals surface area (Å²) in [5.41, 5.74) is 2.65. The zero-order valence-corrected chi connectivity index (χ0v) is 8.48. The van der Waals surface area contributed by atoms with E-state index in [2.05, 4.69) is 47.0 Å². The minimum atomic E-state index is 0.769. The van der Waals surface area contributed by atoms with Gasteiger partial charge in [0.2, 0.25) is 5.96 Å². The van der Waals surface area contributed by atoms with Gasteiger partial charge >= 0.3 is 0 Å². The lowest BCUT2D eigenvalue weighted by molar-refractivity contribution is 0.699. The molecule has 1 N–H and O–H groups in total. The van der Waals surface area contributed by atoms with Gasteiger partial charge < -0.3 is 5.32 Å². The van der Waals surface area contributed by atoms with Crippen molar-refractivity contribution in [3.05, 3.63) is 48.0 Å². The summed E-state index contributed by atoms with van der Waals surface area (Å²) in [5.74, 6) is 0.939. The van der Waals surface area contributed by atoms with Gasteiger partial charge in [-0.25, -0.2) is 4.99 Å². The minimum absolute atomic E-state index is 0.769. The van der Waals surface area contributed by atoms with Crippen molar-refractivity contribution >= 4 is 5.96 Å². The molecule has 76 valence electrons. The molecule has 0 aromatic heterocycles. The largest absolute Gasteiger partial charge is 0.329 e. The smallest absolute Gasteiger partial charge is 0.206 e. The standard InChI is InChI=1S/C12H13N3/c1-2-5-11-10(4-1)6-9-15-8-3-7-13-12(15)14-11/h1-3,6,8-9H,4-5,7H2,(H,13,14). The number of allylic oxidation sites excluding steroid dienone is 4. The first-order chi connectivity index (χ1) is 7.43. The van der Waals surface area contributed by atoms with E-state index in [0.717, 1.165) is 25.3 Å². The van der Waals surface area contributed by atoms with Crippen LogP contribution in [0.3, 0.4) is 0 Å². The van der Waals surface area contributed by atoms with Crippen LogP contribution in [0.1, 0.15) is 12.8 Å². The van der Waals surface area contributed by atoms with Crippen LogP contribution in [0.2, 0.25) is 0 Å². The number of nitrogens with zero attached hydrogens (tertiary/aromatic N) is 2. The van der Waals surface area contributed by atoms with E-state index in [-0.39, 0.29) is 0 Å². The van der Waals surface area contributed by atoms with Gasteiger partial charge in [-0.3, -0.25) is 4.90 Å². The maximum atomic E-state index is 4.44. The van der Waals surface area contributed by atoms with E-state index in [9.17, 15) is 0 Å². The third kappa shape index (κ3) is 1.50. The van der Waals surface area contributed by atoms with Crippen molar-refractivity contribution in [1.29, 1.82) is 0 Å². The predicted molar refractivity (Wildman–Crippen MR) is 61.0 cm³/mol. The van der Waals surface area contributed by atoms with Gasteiger partial charge in [-0.2, -0.15) is 0 Å².